The zero-order chi connectivity index (χ0) is 20.5. The van der Waals surface area contributed by atoms with Crippen molar-refractivity contribution in [1.29, 1.82) is 5.26 Å². The Bertz CT molecular complexity index is 1010. The van der Waals surface area contributed by atoms with E-state index >= 15 is 0 Å². The molecule has 1 aromatic heterocycles. The fourth-order valence-corrected chi connectivity index (χ4v) is 7.83. The van der Waals surface area contributed by atoms with Crippen LogP contribution in [0.2, 0.25) is 0 Å². The molecule has 5 nitrogen and oxygen atoms in total. The first-order chi connectivity index (χ1) is 14.6. The number of hydrogen-bond donors (Lipinski definition) is 0. The predicted molar refractivity (Wildman–Crippen MR) is 112 cm³/mol. The molecule has 4 saturated carbocycles. The highest BCUT2D eigenvalue weighted by atomic mass is 32.1. The lowest BCUT2D eigenvalue weighted by Crippen LogP contribution is -2.76. The molecule has 0 radical (unpaired) electrons. The summed E-state index contributed by atoms with van der Waals surface area (Å²) < 4.78 is 11.9. The van der Waals surface area contributed by atoms with Crippen LogP contribution in [-0.2, 0) is 20.3 Å². The third kappa shape index (κ3) is 2.27. The lowest BCUT2D eigenvalue weighted by Gasteiger charge is -2.68. The molecule has 1 spiro atoms. The van der Waals surface area contributed by atoms with Gasteiger partial charge in [0.25, 0.3) is 5.79 Å². The molecular formula is C24H25NO4S. The quantitative estimate of drug-likeness (QED) is 0.629. The van der Waals surface area contributed by atoms with E-state index in [2.05, 4.69) is 12.1 Å². The molecule has 1 unspecified atom stereocenters. The third-order valence-corrected chi connectivity index (χ3v) is 9.04. The maximum absolute atomic E-state index is 9.17. The van der Waals surface area contributed by atoms with Crippen LogP contribution in [0.15, 0.2) is 30.3 Å². The molecule has 4 bridgehead atoms. The molecule has 6 heteroatoms. The average Bonchev–Trinajstić information content (AvgIpc) is 3.22. The minimum Gasteiger partial charge on any atom is -0.496 e. The standard InChI is InChI=1S/C24H25NO4S/c1-26-21-12-16(3-5-20(21)22-6-4-19(13-25)30-22)24(27-2)23(28-29-24)17-8-14-7-15(10-17)11-18(23)9-14/h3-6,12,14-15,17-18H,7-11H2,1-2H3. The molecular weight excluding hydrogens is 398 g/mol. The van der Waals surface area contributed by atoms with Gasteiger partial charge in [-0.2, -0.15) is 10.1 Å². The van der Waals surface area contributed by atoms with Crippen molar-refractivity contribution < 1.29 is 19.2 Å². The maximum Gasteiger partial charge on any atom is 0.260 e. The molecule has 1 saturated heterocycles. The molecule has 1 atom stereocenters. The number of methoxy groups -OCH3 is 2. The van der Waals surface area contributed by atoms with Gasteiger partial charge >= 0.3 is 0 Å². The molecule has 2 heterocycles. The van der Waals surface area contributed by atoms with Crippen molar-refractivity contribution in [2.45, 2.75) is 43.5 Å². The summed E-state index contributed by atoms with van der Waals surface area (Å²) in [6.07, 6.45) is 6.23. The van der Waals surface area contributed by atoms with Crippen LogP contribution in [0.5, 0.6) is 5.75 Å². The minimum atomic E-state index is -0.894. The molecule has 5 fully saturated rings. The normalized spacial score (nSPS) is 38.4. The summed E-state index contributed by atoms with van der Waals surface area (Å²) in [5.41, 5.74) is 1.51. The Balaban J connectivity index is 1.42. The molecule has 1 aliphatic heterocycles. The number of hydrogen-bond acceptors (Lipinski definition) is 6. The Labute approximate surface area is 180 Å². The molecule has 2 aromatic rings. The van der Waals surface area contributed by atoms with Crippen LogP contribution < -0.4 is 4.74 Å². The number of nitrogens with zero attached hydrogens (tertiary/aromatic N) is 1. The SMILES string of the molecule is COc1cc(C2(OC)OOC23C2CC4CC(C2)CC3C4)ccc1-c1ccc(C#N)s1. The Morgan fingerprint density at radius 1 is 1.00 bits per heavy atom. The second-order valence-corrected chi connectivity index (χ2v) is 10.4. The van der Waals surface area contributed by atoms with E-state index in [9.17, 15) is 0 Å². The third-order valence-electron chi connectivity index (χ3n) is 8.01. The number of benzene rings is 1. The summed E-state index contributed by atoms with van der Waals surface area (Å²) in [5, 5.41) is 9.17. The van der Waals surface area contributed by atoms with E-state index < -0.39 is 11.4 Å². The summed E-state index contributed by atoms with van der Waals surface area (Å²) >= 11 is 1.47. The lowest BCUT2D eigenvalue weighted by molar-refractivity contribution is -0.645. The predicted octanol–water partition coefficient (Wildman–Crippen LogP) is 5.25. The number of rotatable bonds is 4. The van der Waals surface area contributed by atoms with Gasteiger partial charge in [-0.05, 0) is 80.0 Å². The molecule has 0 N–H and O–H groups in total. The van der Waals surface area contributed by atoms with Gasteiger partial charge in [-0.15, -0.1) is 11.3 Å². The van der Waals surface area contributed by atoms with Crippen molar-refractivity contribution in [3.8, 4) is 22.3 Å². The van der Waals surface area contributed by atoms with Crippen molar-refractivity contribution in [3.63, 3.8) is 0 Å². The van der Waals surface area contributed by atoms with Crippen LogP contribution in [0.4, 0.5) is 0 Å². The van der Waals surface area contributed by atoms with Gasteiger partial charge in [-0.3, -0.25) is 0 Å². The molecule has 5 aliphatic rings. The first kappa shape index (κ1) is 18.8. The molecule has 4 aliphatic carbocycles. The zero-order valence-corrected chi connectivity index (χ0v) is 18.0. The largest absolute Gasteiger partial charge is 0.496 e. The summed E-state index contributed by atoms with van der Waals surface area (Å²) in [5.74, 6) is 2.48. The van der Waals surface area contributed by atoms with Crippen LogP contribution >= 0.6 is 11.3 Å². The summed E-state index contributed by atoms with van der Waals surface area (Å²) in [6, 6.07) is 12.2. The van der Waals surface area contributed by atoms with Crippen LogP contribution in [0.3, 0.4) is 0 Å². The maximum atomic E-state index is 9.17. The van der Waals surface area contributed by atoms with E-state index in [1.54, 1.807) is 14.2 Å². The van der Waals surface area contributed by atoms with Gasteiger partial charge in [0.1, 0.15) is 16.7 Å². The van der Waals surface area contributed by atoms with Gasteiger partial charge in [0.2, 0.25) is 0 Å². The van der Waals surface area contributed by atoms with Gasteiger partial charge in [0.05, 0.1) is 7.11 Å². The van der Waals surface area contributed by atoms with Gasteiger partial charge < -0.3 is 9.47 Å². The van der Waals surface area contributed by atoms with Crippen LogP contribution in [0.1, 0.15) is 42.5 Å². The van der Waals surface area contributed by atoms with E-state index in [1.165, 1.54) is 43.4 Å². The van der Waals surface area contributed by atoms with E-state index in [1.807, 2.05) is 24.3 Å². The average molecular weight is 424 g/mol. The highest BCUT2D eigenvalue weighted by molar-refractivity contribution is 7.16. The second-order valence-electron chi connectivity index (χ2n) is 9.28. The monoisotopic (exact) mass is 423 g/mol. The smallest absolute Gasteiger partial charge is 0.260 e. The number of thiophene rings is 1. The number of ether oxygens (including phenoxy) is 2. The fourth-order valence-electron chi connectivity index (χ4n) is 7.00. The van der Waals surface area contributed by atoms with Crippen LogP contribution in [-0.4, -0.2) is 19.8 Å². The first-order valence-corrected chi connectivity index (χ1v) is 11.6. The topological polar surface area (TPSA) is 60.7 Å². The van der Waals surface area contributed by atoms with Gasteiger partial charge in [0.15, 0.2) is 5.60 Å². The van der Waals surface area contributed by atoms with Crippen molar-refractivity contribution >= 4 is 11.3 Å². The molecule has 156 valence electrons. The highest BCUT2D eigenvalue weighted by Crippen LogP contribution is 2.69. The zero-order valence-electron chi connectivity index (χ0n) is 17.2. The van der Waals surface area contributed by atoms with Crippen LogP contribution in [0.25, 0.3) is 10.4 Å². The number of nitriles is 1. The molecule has 30 heavy (non-hydrogen) atoms. The molecule has 7 rings (SSSR count). The molecule has 1 aromatic carbocycles. The fraction of sp³-hybridized carbons (Fsp3) is 0.542. The molecule has 0 amide bonds. The van der Waals surface area contributed by atoms with E-state index in [0.717, 1.165) is 33.6 Å². The van der Waals surface area contributed by atoms with E-state index in [0.29, 0.717) is 16.7 Å². The summed E-state index contributed by atoms with van der Waals surface area (Å²) in [6.45, 7) is 0. The summed E-state index contributed by atoms with van der Waals surface area (Å²) in [7, 11) is 3.41. The van der Waals surface area contributed by atoms with E-state index in [-0.39, 0.29) is 0 Å². The summed E-state index contributed by atoms with van der Waals surface area (Å²) in [4.78, 5) is 13.6. The van der Waals surface area contributed by atoms with Crippen molar-refractivity contribution in [3.05, 3.63) is 40.8 Å². The highest BCUT2D eigenvalue weighted by Gasteiger charge is 2.76. The van der Waals surface area contributed by atoms with Crippen molar-refractivity contribution in [1.82, 2.24) is 0 Å². The van der Waals surface area contributed by atoms with Crippen LogP contribution in [0, 0.1) is 35.0 Å². The lowest BCUT2D eigenvalue weighted by atomic mass is 9.47. The van der Waals surface area contributed by atoms with Crippen molar-refractivity contribution in [2.75, 3.05) is 14.2 Å². The Morgan fingerprint density at radius 2 is 1.73 bits per heavy atom. The minimum absolute atomic E-state index is 0.404. The van der Waals surface area contributed by atoms with Gasteiger partial charge in [-0.25, -0.2) is 4.89 Å². The first-order valence-electron chi connectivity index (χ1n) is 10.7. The van der Waals surface area contributed by atoms with Gasteiger partial charge in [-0.1, -0.05) is 6.07 Å². The Hall–Kier alpha value is -1.91. The Morgan fingerprint density at radius 3 is 2.27 bits per heavy atom. The van der Waals surface area contributed by atoms with Gasteiger partial charge in [0, 0.05) is 23.1 Å². The van der Waals surface area contributed by atoms with E-state index in [4.69, 9.17) is 24.5 Å². The second kappa shape index (κ2) is 6.54. The Kier molecular flexibility index (Phi) is 4.11. The van der Waals surface area contributed by atoms with Crippen molar-refractivity contribution in [2.24, 2.45) is 23.7 Å².